The van der Waals surface area contributed by atoms with E-state index < -0.39 is 5.97 Å². The molecule has 0 bridgehead atoms. The van der Waals surface area contributed by atoms with Crippen molar-refractivity contribution < 1.29 is 9.90 Å². The highest BCUT2D eigenvalue weighted by atomic mass is 16.4. The van der Waals surface area contributed by atoms with Crippen molar-refractivity contribution in [2.75, 3.05) is 0 Å². The highest BCUT2D eigenvalue weighted by molar-refractivity contribution is 5.70. The molecule has 1 aromatic carbocycles. The first kappa shape index (κ1) is 17.0. The van der Waals surface area contributed by atoms with Crippen LogP contribution in [0.25, 0.3) is 0 Å². The maximum atomic E-state index is 11.1. The van der Waals surface area contributed by atoms with E-state index in [1.807, 2.05) is 0 Å². The highest BCUT2D eigenvalue weighted by Crippen LogP contribution is 2.31. The Morgan fingerprint density at radius 3 is 2.32 bits per heavy atom. The third kappa shape index (κ3) is 3.89. The van der Waals surface area contributed by atoms with Crippen molar-refractivity contribution in [2.24, 2.45) is 5.92 Å². The molecule has 0 aromatic heterocycles. The predicted octanol–water partition coefficient (Wildman–Crippen LogP) is 3.98. The summed E-state index contributed by atoms with van der Waals surface area (Å²) in [6.07, 6.45) is 4.61. The lowest BCUT2D eigenvalue weighted by molar-refractivity contribution is -0.142. The molecular formula is C19H29NO2. The summed E-state index contributed by atoms with van der Waals surface area (Å²) in [5, 5.41) is 12.9. The molecule has 1 aliphatic rings. The number of hydrogen-bond donors (Lipinski definition) is 2. The number of nitrogens with one attached hydrogen (secondary N) is 1. The first-order valence-electron chi connectivity index (χ1n) is 8.49. The molecule has 2 rings (SSSR count). The van der Waals surface area contributed by atoms with Gasteiger partial charge in [-0.3, -0.25) is 4.79 Å². The Morgan fingerprint density at radius 2 is 1.82 bits per heavy atom. The van der Waals surface area contributed by atoms with Crippen LogP contribution in [0.15, 0.2) is 30.3 Å². The van der Waals surface area contributed by atoms with E-state index in [1.165, 1.54) is 5.56 Å². The molecule has 3 heteroatoms. The van der Waals surface area contributed by atoms with Crippen LogP contribution >= 0.6 is 0 Å². The monoisotopic (exact) mass is 303 g/mol. The van der Waals surface area contributed by atoms with Gasteiger partial charge in [0.05, 0.1) is 5.92 Å². The van der Waals surface area contributed by atoms with Gasteiger partial charge < -0.3 is 10.4 Å². The van der Waals surface area contributed by atoms with Crippen LogP contribution in [0, 0.1) is 5.92 Å². The van der Waals surface area contributed by atoms with Crippen molar-refractivity contribution in [3.05, 3.63) is 35.9 Å². The zero-order chi connectivity index (χ0) is 16.2. The molecule has 0 amide bonds. The van der Waals surface area contributed by atoms with Gasteiger partial charge >= 0.3 is 5.97 Å². The Bertz CT molecular complexity index is 475. The second-order valence-corrected chi connectivity index (χ2v) is 7.10. The topological polar surface area (TPSA) is 49.3 Å². The van der Waals surface area contributed by atoms with E-state index in [4.69, 9.17) is 5.11 Å². The van der Waals surface area contributed by atoms with E-state index in [9.17, 15) is 4.79 Å². The fourth-order valence-electron chi connectivity index (χ4n) is 3.70. The summed E-state index contributed by atoms with van der Waals surface area (Å²) in [6, 6.07) is 11.5. The van der Waals surface area contributed by atoms with Gasteiger partial charge in [0.15, 0.2) is 0 Å². The number of aliphatic carboxylic acids is 1. The second-order valence-electron chi connectivity index (χ2n) is 7.10. The molecule has 0 radical (unpaired) electrons. The lowest BCUT2D eigenvalue weighted by atomic mass is 9.75. The maximum Gasteiger partial charge on any atom is 0.306 e. The lowest BCUT2D eigenvalue weighted by Crippen LogP contribution is -2.50. The number of benzene rings is 1. The van der Waals surface area contributed by atoms with Crippen molar-refractivity contribution >= 4 is 5.97 Å². The van der Waals surface area contributed by atoms with E-state index in [-0.39, 0.29) is 11.3 Å². The minimum atomic E-state index is -0.630. The van der Waals surface area contributed by atoms with Crippen LogP contribution in [0.4, 0.5) is 0 Å². The zero-order valence-electron chi connectivity index (χ0n) is 14.0. The molecule has 2 N–H and O–H groups in total. The van der Waals surface area contributed by atoms with Crippen LogP contribution < -0.4 is 5.32 Å². The van der Waals surface area contributed by atoms with Crippen molar-refractivity contribution in [3.63, 3.8) is 0 Å². The molecule has 1 atom stereocenters. The van der Waals surface area contributed by atoms with Crippen molar-refractivity contribution in [3.8, 4) is 0 Å². The molecule has 0 aliphatic heterocycles. The zero-order valence-corrected chi connectivity index (χ0v) is 14.0. The van der Waals surface area contributed by atoms with Crippen LogP contribution in [0.3, 0.4) is 0 Å². The minimum absolute atomic E-state index is 0.0691. The van der Waals surface area contributed by atoms with Gasteiger partial charge in [-0.15, -0.1) is 0 Å². The van der Waals surface area contributed by atoms with Gasteiger partial charge in [0.25, 0.3) is 0 Å². The van der Waals surface area contributed by atoms with Gasteiger partial charge in [-0.25, -0.2) is 0 Å². The van der Waals surface area contributed by atoms with E-state index in [0.717, 1.165) is 32.1 Å². The normalized spacial score (nSPS) is 24.0. The molecule has 1 unspecified atom stereocenters. The van der Waals surface area contributed by atoms with Gasteiger partial charge in [0, 0.05) is 17.5 Å². The van der Waals surface area contributed by atoms with Crippen LogP contribution in [0.1, 0.15) is 58.4 Å². The third-order valence-corrected chi connectivity index (χ3v) is 5.31. The molecule has 1 fully saturated rings. The van der Waals surface area contributed by atoms with Gasteiger partial charge in [-0.05, 0) is 37.7 Å². The SMILES string of the molecule is CCC(NC1CCC(C(=O)O)CC1)C(C)(C)c1ccccc1. The molecule has 3 nitrogen and oxygen atoms in total. The van der Waals surface area contributed by atoms with E-state index in [1.54, 1.807) is 0 Å². The Kier molecular flexibility index (Phi) is 5.63. The van der Waals surface area contributed by atoms with Gasteiger partial charge in [-0.1, -0.05) is 51.1 Å². The average molecular weight is 303 g/mol. The Morgan fingerprint density at radius 1 is 1.23 bits per heavy atom. The van der Waals surface area contributed by atoms with E-state index >= 15 is 0 Å². The van der Waals surface area contributed by atoms with E-state index in [2.05, 4.69) is 56.4 Å². The van der Waals surface area contributed by atoms with E-state index in [0.29, 0.717) is 12.1 Å². The summed E-state index contributed by atoms with van der Waals surface area (Å²) >= 11 is 0. The van der Waals surface area contributed by atoms with Crippen LogP contribution in [0.2, 0.25) is 0 Å². The largest absolute Gasteiger partial charge is 0.481 e. The summed E-state index contributed by atoms with van der Waals surface area (Å²) in [5.41, 5.74) is 1.42. The number of carboxylic acids is 1. The maximum absolute atomic E-state index is 11.1. The summed E-state index contributed by atoms with van der Waals surface area (Å²) < 4.78 is 0. The first-order valence-corrected chi connectivity index (χ1v) is 8.49. The molecule has 122 valence electrons. The smallest absolute Gasteiger partial charge is 0.306 e. The standard InChI is InChI=1S/C19H29NO2/c1-4-17(19(2,3)15-8-6-5-7-9-15)20-16-12-10-14(11-13-16)18(21)22/h5-9,14,16-17,20H,4,10-13H2,1-3H3,(H,21,22). The average Bonchev–Trinajstić information content (AvgIpc) is 2.53. The number of rotatable bonds is 6. The molecule has 1 aliphatic carbocycles. The summed E-state index contributed by atoms with van der Waals surface area (Å²) in [7, 11) is 0. The minimum Gasteiger partial charge on any atom is -0.481 e. The fraction of sp³-hybridized carbons (Fsp3) is 0.632. The number of hydrogen-bond acceptors (Lipinski definition) is 2. The van der Waals surface area contributed by atoms with Crippen LogP contribution in [0.5, 0.6) is 0 Å². The summed E-state index contributed by atoms with van der Waals surface area (Å²) in [6.45, 7) is 6.82. The second kappa shape index (κ2) is 7.28. The fourth-order valence-corrected chi connectivity index (χ4v) is 3.70. The molecule has 1 aromatic rings. The Labute approximate surface area is 134 Å². The summed E-state index contributed by atoms with van der Waals surface area (Å²) in [4.78, 5) is 11.1. The molecule has 1 saturated carbocycles. The lowest BCUT2D eigenvalue weighted by Gasteiger charge is -2.39. The van der Waals surface area contributed by atoms with Gasteiger partial charge in [0.2, 0.25) is 0 Å². The first-order chi connectivity index (χ1) is 10.4. The molecule has 0 heterocycles. The number of carbonyl (C=O) groups is 1. The Balaban J connectivity index is 1.99. The summed E-state index contributed by atoms with van der Waals surface area (Å²) in [5.74, 6) is -0.768. The molecular weight excluding hydrogens is 274 g/mol. The molecule has 0 spiro atoms. The highest BCUT2D eigenvalue weighted by Gasteiger charge is 2.33. The van der Waals surface area contributed by atoms with Crippen LogP contribution in [-0.2, 0) is 10.2 Å². The van der Waals surface area contributed by atoms with Crippen molar-refractivity contribution in [1.29, 1.82) is 0 Å². The predicted molar refractivity (Wildman–Crippen MR) is 90.1 cm³/mol. The van der Waals surface area contributed by atoms with Crippen molar-refractivity contribution in [2.45, 2.75) is 70.4 Å². The molecule has 22 heavy (non-hydrogen) atoms. The third-order valence-electron chi connectivity index (χ3n) is 5.31. The number of carboxylic acid groups (broad SMARTS) is 1. The van der Waals surface area contributed by atoms with Gasteiger partial charge in [0.1, 0.15) is 0 Å². The van der Waals surface area contributed by atoms with Crippen molar-refractivity contribution in [1.82, 2.24) is 5.32 Å². The Hall–Kier alpha value is -1.35. The quantitative estimate of drug-likeness (QED) is 0.836. The van der Waals surface area contributed by atoms with Crippen LogP contribution in [-0.4, -0.2) is 23.2 Å². The van der Waals surface area contributed by atoms with Gasteiger partial charge in [-0.2, -0.15) is 0 Å². The molecule has 0 saturated heterocycles.